The summed E-state index contributed by atoms with van der Waals surface area (Å²) >= 11 is 0. The van der Waals surface area contributed by atoms with E-state index in [4.69, 9.17) is 8.83 Å². The van der Waals surface area contributed by atoms with Crippen molar-refractivity contribution >= 4 is 0 Å². The van der Waals surface area contributed by atoms with Crippen molar-refractivity contribution in [3.8, 4) is 22.6 Å². The molecule has 0 aliphatic carbocycles. The van der Waals surface area contributed by atoms with Crippen LogP contribution in [0.3, 0.4) is 0 Å². The van der Waals surface area contributed by atoms with Crippen molar-refractivity contribution < 1.29 is 8.83 Å². The third kappa shape index (κ3) is 1.97. The minimum Gasteiger partial charge on any atom is -0.464 e. The van der Waals surface area contributed by atoms with Crippen LogP contribution in [-0.4, -0.2) is 0 Å². The van der Waals surface area contributed by atoms with Crippen LogP contribution in [0, 0.1) is 13.8 Å². The first-order valence-electron chi connectivity index (χ1n) is 5.93. The lowest BCUT2D eigenvalue weighted by Gasteiger charge is -1.99. The van der Waals surface area contributed by atoms with Gasteiger partial charge in [-0.25, -0.2) is 0 Å². The van der Waals surface area contributed by atoms with Crippen LogP contribution in [0.2, 0.25) is 0 Å². The van der Waals surface area contributed by atoms with Gasteiger partial charge in [0.25, 0.3) is 0 Å². The Bertz CT molecular complexity index is 597. The monoisotopic (exact) mass is 238 g/mol. The highest BCUT2D eigenvalue weighted by Crippen LogP contribution is 2.27. The van der Waals surface area contributed by atoms with Gasteiger partial charge in [0.2, 0.25) is 0 Å². The first-order chi connectivity index (χ1) is 8.72. The van der Waals surface area contributed by atoms with Gasteiger partial charge in [0.1, 0.15) is 11.5 Å². The summed E-state index contributed by atoms with van der Waals surface area (Å²) in [5.41, 5.74) is 4.43. The minimum atomic E-state index is 0.898. The normalized spacial score (nSPS) is 10.8. The largest absolute Gasteiger partial charge is 0.464 e. The van der Waals surface area contributed by atoms with Crippen LogP contribution in [0.5, 0.6) is 0 Å². The molecule has 0 bridgehead atoms. The van der Waals surface area contributed by atoms with Crippen LogP contribution in [0.25, 0.3) is 22.6 Å². The van der Waals surface area contributed by atoms with Crippen molar-refractivity contribution in [2.45, 2.75) is 13.8 Å². The zero-order chi connectivity index (χ0) is 12.5. The van der Waals surface area contributed by atoms with E-state index < -0.39 is 0 Å². The molecule has 1 aromatic carbocycles. The Morgan fingerprint density at radius 1 is 0.667 bits per heavy atom. The lowest BCUT2D eigenvalue weighted by molar-refractivity contribution is 0.578. The van der Waals surface area contributed by atoms with Gasteiger partial charge in [-0.2, -0.15) is 0 Å². The Hall–Kier alpha value is -2.22. The number of hydrogen-bond donors (Lipinski definition) is 0. The third-order valence-electron chi connectivity index (χ3n) is 2.92. The van der Waals surface area contributed by atoms with Gasteiger partial charge in [0, 0.05) is 11.1 Å². The van der Waals surface area contributed by atoms with Crippen molar-refractivity contribution in [3.05, 3.63) is 60.1 Å². The van der Waals surface area contributed by atoms with E-state index in [1.807, 2.05) is 50.2 Å². The molecular weight excluding hydrogens is 224 g/mol. The Morgan fingerprint density at radius 2 is 1.06 bits per heavy atom. The Morgan fingerprint density at radius 3 is 1.33 bits per heavy atom. The molecule has 90 valence electrons. The Balaban J connectivity index is 1.94. The number of hydrogen-bond acceptors (Lipinski definition) is 2. The summed E-state index contributed by atoms with van der Waals surface area (Å²) in [5, 5.41) is 0. The summed E-state index contributed by atoms with van der Waals surface area (Å²) in [6.45, 7) is 4.04. The van der Waals surface area contributed by atoms with Crippen molar-refractivity contribution in [1.82, 2.24) is 0 Å². The minimum absolute atomic E-state index is 0.898. The molecule has 0 radical (unpaired) electrons. The standard InChI is InChI=1S/C16H14O2/c1-11-7-15(17-9-11)13-3-5-14(6-4-13)16-8-12(2)10-18-16/h3-10H,1-2H3. The molecule has 0 fully saturated rings. The quantitative estimate of drug-likeness (QED) is 0.639. The molecule has 0 saturated heterocycles. The topological polar surface area (TPSA) is 26.3 Å². The number of benzene rings is 1. The molecule has 0 aliphatic rings. The van der Waals surface area contributed by atoms with Crippen LogP contribution in [-0.2, 0) is 0 Å². The van der Waals surface area contributed by atoms with Gasteiger partial charge in [-0.3, -0.25) is 0 Å². The zero-order valence-corrected chi connectivity index (χ0v) is 10.4. The lowest BCUT2D eigenvalue weighted by atomic mass is 10.1. The Kier molecular flexibility index (Phi) is 2.56. The first kappa shape index (κ1) is 10.9. The molecule has 3 aromatic rings. The van der Waals surface area contributed by atoms with Crippen LogP contribution in [0.15, 0.2) is 57.8 Å². The van der Waals surface area contributed by atoms with E-state index in [0.29, 0.717) is 0 Å². The summed E-state index contributed by atoms with van der Waals surface area (Å²) in [6.07, 6.45) is 3.53. The fourth-order valence-corrected chi connectivity index (χ4v) is 1.96. The number of rotatable bonds is 2. The highest BCUT2D eigenvalue weighted by Gasteiger charge is 2.05. The van der Waals surface area contributed by atoms with E-state index in [0.717, 1.165) is 33.8 Å². The van der Waals surface area contributed by atoms with Crippen molar-refractivity contribution in [2.24, 2.45) is 0 Å². The van der Waals surface area contributed by atoms with E-state index in [1.165, 1.54) is 0 Å². The van der Waals surface area contributed by atoms with E-state index in [1.54, 1.807) is 12.5 Å². The second-order valence-corrected chi connectivity index (χ2v) is 4.55. The lowest BCUT2D eigenvalue weighted by Crippen LogP contribution is -1.76. The van der Waals surface area contributed by atoms with Gasteiger partial charge >= 0.3 is 0 Å². The molecule has 2 aromatic heterocycles. The zero-order valence-electron chi connectivity index (χ0n) is 10.4. The highest BCUT2D eigenvalue weighted by molar-refractivity contribution is 5.65. The third-order valence-corrected chi connectivity index (χ3v) is 2.92. The van der Waals surface area contributed by atoms with Crippen LogP contribution in [0.1, 0.15) is 11.1 Å². The fourth-order valence-electron chi connectivity index (χ4n) is 1.96. The van der Waals surface area contributed by atoms with Crippen LogP contribution >= 0.6 is 0 Å². The van der Waals surface area contributed by atoms with Crippen molar-refractivity contribution in [1.29, 1.82) is 0 Å². The van der Waals surface area contributed by atoms with E-state index in [-0.39, 0.29) is 0 Å². The molecule has 0 atom stereocenters. The summed E-state index contributed by atoms with van der Waals surface area (Å²) in [7, 11) is 0. The van der Waals surface area contributed by atoms with Gasteiger partial charge in [0.05, 0.1) is 12.5 Å². The maximum atomic E-state index is 5.48. The molecule has 0 amide bonds. The molecule has 2 heterocycles. The molecule has 0 spiro atoms. The van der Waals surface area contributed by atoms with Gasteiger partial charge in [-0.15, -0.1) is 0 Å². The van der Waals surface area contributed by atoms with Crippen molar-refractivity contribution in [2.75, 3.05) is 0 Å². The molecule has 18 heavy (non-hydrogen) atoms. The molecule has 0 saturated carbocycles. The first-order valence-corrected chi connectivity index (χ1v) is 5.93. The highest BCUT2D eigenvalue weighted by atomic mass is 16.3. The average Bonchev–Trinajstić information content (AvgIpc) is 2.98. The fraction of sp³-hybridized carbons (Fsp3) is 0.125. The molecule has 0 N–H and O–H groups in total. The maximum Gasteiger partial charge on any atom is 0.134 e. The van der Waals surface area contributed by atoms with Crippen LogP contribution in [0.4, 0.5) is 0 Å². The predicted molar refractivity (Wildman–Crippen MR) is 71.3 cm³/mol. The molecular formula is C16H14O2. The van der Waals surface area contributed by atoms with Gasteiger partial charge in [-0.05, 0) is 37.1 Å². The maximum absolute atomic E-state index is 5.48. The number of aryl methyl sites for hydroxylation is 2. The molecule has 3 rings (SSSR count). The van der Waals surface area contributed by atoms with Gasteiger partial charge in [-0.1, -0.05) is 24.3 Å². The second kappa shape index (κ2) is 4.22. The second-order valence-electron chi connectivity index (χ2n) is 4.55. The van der Waals surface area contributed by atoms with E-state index in [2.05, 4.69) is 0 Å². The number of furan rings is 2. The smallest absolute Gasteiger partial charge is 0.134 e. The summed E-state index contributed by atoms with van der Waals surface area (Å²) in [5.74, 6) is 1.80. The summed E-state index contributed by atoms with van der Waals surface area (Å²) in [4.78, 5) is 0. The summed E-state index contributed by atoms with van der Waals surface area (Å²) in [6, 6.07) is 12.3. The molecule has 0 unspecified atom stereocenters. The molecule has 0 aliphatic heterocycles. The molecule has 2 nitrogen and oxygen atoms in total. The summed E-state index contributed by atoms with van der Waals surface area (Å²) < 4.78 is 11.0. The van der Waals surface area contributed by atoms with Crippen molar-refractivity contribution in [3.63, 3.8) is 0 Å². The van der Waals surface area contributed by atoms with E-state index >= 15 is 0 Å². The van der Waals surface area contributed by atoms with E-state index in [9.17, 15) is 0 Å². The Labute approximate surface area is 106 Å². The van der Waals surface area contributed by atoms with Crippen LogP contribution < -0.4 is 0 Å². The average molecular weight is 238 g/mol. The van der Waals surface area contributed by atoms with Gasteiger partial charge < -0.3 is 8.83 Å². The molecule has 2 heteroatoms. The predicted octanol–water partition coefficient (Wildman–Crippen LogP) is 4.82. The SMILES string of the molecule is Cc1coc(-c2ccc(-c3cc(C)co3)cc2)c1. The van der Waals surface area contributed by atoms with Gasteiger partial charge in [0.15, 0.2) is 0 Å².